The zero-order valence-electron chi connectivity index (χ0n) is 11.6. The highest BCUT2D eigenvalue weighted by Crippen LogP contribution is 2.29. The van der Waals surface area contributed by atoms with Gasteiger partial charge >= 0.3 is 0 Å². The number of pyridine rings is 1. The first-order valence-corrected chi connectivity index (χ1v) is 7.95. The molecule has 1 rings (SSSR count). The van der Waals surface area contributed by atoms with E-state index in [4.69, 9.17) is 0 Å². The second kappa shape index (κ2) is 5.90. The fourth-order valence-electron chi connectivity index (χ4n) is 1.44. The van der Waals surface area contributed by atoms with Gasteiger partial charge in [-0.2, -0.15) is 0 Å². The van der Waals surface area contributed by atoms with Gasteiger partial charge in [-0.1, -0.05) is 6.92 Å². The summed E-state index contributed by atoms with van der Waals surface area (Å²) in [6.45, 7) is 10.1. The molecule has 5 heteroatoms. The number of hydrogen-bond acceptors (Lipinski definition) is 3. The average Bonchev–Trinajstić information content (AvgIpc) is 2.27. The lowest BCUT2D eigenvalue weighted by Crippen LogP contribution is -2.49. The summed E-state index contributed by atoms with van der Waals surface area (Å²) >= 11 is 2.28. The quantitative estimate of drug-likeness (QED) is 0.677. The highest BCUT2D eigenvalue weighted by atomic mass is 79.9. The molecule has 0 bridgehead atoms. The van der Waals surface area contributed by atoms with Crippen LogP contribution in [0.3, 0.4) is 0 Å². The third kappa shape index (κ3) is 3.95. The molecule has 0 aromatic carbocycles. The lowest BCUT2D eigenvalue weighted by Gasteiger charge is -2.34. The Labute approximate surface area is 121 Å². The SMILES string of the molecule is CC[C@@](C)(N[S@+]([O-])C(C)(C)C)c1ccnc(Br)c1. The molecule has 0 amide bonds. The van der Waals surface area contributed by atoms with E-state index >= 15 is 0 Å². The van der Waals surface area contributed by atoms with E-state index in [-0.39, 0.29) is 10.3 Å². The van der Waals surface area contributed by atoms with Gasteiger partial charge in [-0.3, -0.25) is 0 Å². The van der Waals surface area contributed by atoms with E-state index in [1.807, 2.05) is 32.9 Å². The van der Waals surface area contributed by atoms with Crippen molar-refractivity contribution in [2.45, 2.75) is 51.3 Å². The van der Waals surface area contributed by atoms with Gasteiger partial charge in [0.25, 0.3) is 0 Å². The Morgan fingerprint density at radius 3 is 2.44 bits per heavy atom. The maximum atomic E-state index is 12.3. The molecule has 0 aliphatic heterocycles. The van der Waals surface area contributed by atoms with Crippen LogP contribution in [0.25, 0.3) is 0 Å². The van der Waals surface area contributed by atoms with E-state index in [1.165, 1.54) is 0 Å². The van der Waals surface area contributed by atoms with Crippen molar-refractivity contribution in [1.82, 2.24) is 9.71 Å². The van der Waals surface area contributed by atoms with Crippen molar-refractivity contribution in [2.75, 3.05) is 0 Å². The molecule has 0 saturated carbocycles. The summed E-state index contributed by atoms with van der Waals surface area (Å²) < 4.78 is 16.0. The van der Waals surface area contributed by atoms with E-state index in [1.54, 1.807) is 6.20 Å². The minimum atomic E-state index is -1.10. The molecule has 1 N–H and O–H groups in total. The van der Waals surface area contributed by atoms with Gasteiger partial charge < -0.3 is 4.55 Å². The van der Waals surface area contributed by atoms with Crippen LogP contribution in [-0.2, 0) is 16.9 Å². The molecule has 0 fully saturated rings. The van der Waals surface area contributed by atoms with Crippen molar-refractivity contribution in [1.29, 1.82) is 0 Å². The summed E-state index contributed by atoms with van der Waals surface area (Å²) in [4.78, 5) is 4.13. The van der Waals surface area contributed by atoms with Crippen molar-refractivity contribution in [3.05, 3.63) is 28.5 Å². The fourth-order valence-corrected chi connectivity index (χ4v) is 2.78. The monoisotopic (exact) mass is 332 g/mol. The summed E-state index contributed by atoms with van der Waals surface area (Å²) in [6, 6.07) is 3.93. The van der Waals surface area contributed by atoms with Crippen LogP contribution in [0.4, 0.5) is 0 Å². The van der Waals surface area contributed by atoms with Gasteiger partial charge in [-0.25, -0.2) is 4.98 Å². The lowest BCUT2D eigenvalue weighted by molar-refractivity contribution is 0.407. The predicted octanol–water partition coefficient (Wildman–Crippen LogP) is 3.52. The van der Waals surface area contributed by atoms with Crippen molar-refractivity contribution < 1.29 is 4.55 Å². The first kappa shape index (κ1) is 16.0. The molecule has 0 saturated heterocycles. The second-order valence-electron chi connectivity index (χ2n) is 5.54. The summed E-state index contributed by atoms with van der Waals surface area (Å²) in [5.74, 6) is 0. The fraction of sp³-hybridized carbons (Fsp3) is 0.615. The minimum absolute atomic E-state index is 0.277. The van der Waals surface area contributed by atoms with Crippen LogP contribution in [0.1, 0.15) is 46.6 Å². The highest BCUT2D eigenvalue weighted by molar-refractivity contribution is 9.10. The Balaban J connectivity index is 2.99. The first-order valence-electron chi connectivity index (χ1n) is 6.01. The van der Waals surface area contributed by atoms with Crippen molar-refractivity contribution in [2.24, 2.45) is 0 Å². The topological polar surface area (TPSA) is 48.0 Å². The summed E-state index contributed by atoms with van der Waals surface area (Å²) in [6.07, 6.45) is 2.61. The molecule has 1 aromatic rings. The van der Waals surface area contributed by atoms with Crippen LogP contribution in [-0.4, -0.2) is 14.3 Å². The zero-order chi connectivity index (χ0) is 14.0. The number of nitrogens with one attached hydrogen (secondary N) is 1. The van der Waals surface area contributed by atoms with Crippen LogP contribution in [0.2, 0.25) is 0 Å². The largest absolute Gasteiger partial charge is 0.598 e. The predicted molar refractivity (Wildman–Crippen MR) is 80.6 cm³/mol. The number of rotatable bonds is 4. The third-order valence-corrected chi connectivity index (χ3v) is 5.13. The van der Waals surface area contributed by atoms with Gasteiger partial charge in [0.05, 0.1) is 5.54 Å². The van der Waals surface area contributed by atoms with E-state index in [2.05, 4.69) is 39.5 Å². The Morgan fingerprint density at radius 2 is 2.00 bits per heavy atom. The summed E-state index contributed by atoms with van der Waals surface area (Å²) in [7, 11) is 0. The number of halogens is 1. The number of nitrogens with zero attached hydrogens (tertiary/aromatic N) is 1. The van der Waals surface area contributed by atoms with Crippen molar-refractivity contribution in [3.8, 4) is 0 Å². The number of aromatic nitrogens is 1. The molecule has 0 radical (unpaired) electrons. The van der Waals surface area contributed by atoms with Gasteiger partial charge in [-0.15, -0.1) is 4.72 Å². The Bertz CT molecular complexity index is 408. The van der Waals surface area contributed by atoms with E-state index in [0.29, 0.717) is 0 Å². The Hall–Kier alpha value is -0.100. The van der Waals surface area contributed by atoms with Crippen LogP contribution in [0.15, 0.2) is 22.9 Å². The second-order valence-corrected chi connectivity index (χ2v) is 8.31. The van der Waals surface area contributed by atoms with Crippen LogP contribution < -0.4 is 4.72 Å². The van der Waals surface area contributed by atoms with Crippen molar-refractivity contribution in [3.63, 3.8) is 0 Å². The van der Waals surface area contributed by atoms with E-state index in [0.717, 1.165) is 16.6 Å². The maximum Gasteiger partial charge on any atom is 0.136 e. The summed E-state index contributed by atoms with van der Waals surface area (Å²) in [5, 5.41) is 0. The maximum absolute atomic E-state index is 12.3. The standard InChI is InChI=1S/C13H21BrN2OS/c1-6-13(5,16-18(17)12(2,3)4)10-7-8-15-11(14)9-10/h7-9,16H,6H2,1-5H3/t13-,18-/m1/s1. The van der Waals surface area contributed by atoms with Gasteiger partial charge in [0, 0.05) is 17.6 Å². The Kier molecular flexibility index (Phi) is 5.23. The molecule has 3 nitrogen and oxygen atoms in total. The molecular weight excluding hydrogens is 312 g/mol. The van der Waals surface area contributed by atoms with Gasteiger partial charge in [0.2, 0.25) is 0 Å². The van der Waals surface area contributed by atoms with E-state index in [9.17, 15) is 4.55 Å². The highest BCUT2D eigenvalue weighted by Gasteiger charge is 2.36. The smallest absolute Gasteiger partial charge is 0.136 e. The molecule has 1 heterocycles. The molecule has 18 heavy (non-hydrogen) atoms. The lowest BCUT2D eigenvalue weighted by atomic mass is 9.91. The zero-order valence-corrected chi connectivity index (χ0v) is 14.0. The van der Waals surface area contributed by atoms with Crippen LogP contribution in [0.5, 0.6) is 0 Å². The molecule has 1 aromatic heterocycles. The molecular formula is C13H21BrN2OS. The minimum Gasteiger partial charge on any atom is -0.598 e. The summed E-state index contributed by atoms with van der Waals surface area (Å²) in [5.41, 5.74) is 0.772. The Morgan fingerprint density at radius 1 is 1.39 bits per heavy atom. The first-order chi connectivity index (χ1) is 8.19. The van der Waals surface area contributed by atoms with Gasteiger partial charge in [-0.05, 0) is 67.7 Å². The molecule has 2 atom stereocenters. The normalized spacial score (nSPS) is 17.3. The van der Waals surface area contributed by atoms with Gasteiger partial charge in [0.15, 0.2) is 0 Å². The molecule has 0 spiro atoms. The van der Waals surface area contributed by atoms with Crippen LogP contribution in [0, 0.1) is 0 Å². The van der Waals surface area contributed by atoms with Crippen LogP contribution >= 0.6 is 15.9 Å². The van der Waals surface area contributed by atoms with Crippen molar-refractivity contribution >= 4 is 27.3 Å². The van der Waals surface area contributed by atoms with Gasteiger partial charge in [0.1, 0.15) is 9.35 Å². The molecule has 102 valence electrons. The molecule has 0 aliphatic carbocycles. The molecule has 0 aliphatic rings. The third-order valence-electron chi connectivity index (χ3n) is 2.94. The number of hydrogen-bond donors (Lipinski definition) is 1. The van der Waals surface area contributed by atoms with E-state index < -0.39 is 11.4 Å². The average molecular weight is 333 g/mol. The molecule has 0 unspecified atom stereocenters.